The Labute approximate surface area is 101 Å². The molecule has 92 valence electrons. The lowest BCUT2D eigenvalue weighted by atomic mass is 9.98. The van der Waals surface area contributed by atoms with E-state index >= 15 is 0 Å². The summed E-state index contributed by atoms with van der Waals surface area (Å²) in [6.45, 7) is 5.29. The van der Waals surface area contributed by atoms with Gasteiger partial charge in [0.1, 0.15) is 5.84 Å². The second kappa shape index (κ2) is 5.48. The van der Waals surface area contributed by atoms with E-state index in [1.54, 1.807) is 20.8 Å². The number of oxime groups is 1. The highest BCUT2D eigenvalue weighted by atomic mass is 16.7. The van der Waals surface area contributed by atoms with E-state index in [4.69, 9.17) is 10.6 Å². The second-order valence-corrected chi connectivity index (χ2v) is 4.87. The number of amidine groups is 1. The Balaban J connectivity index is 2.54. The van der Waals surface area contributed by atoms with Crippen LogP contribution in [0.5, 0.6) is 0 Å². The third-order valence-electron chi connectivity index (χ3n) is 2.09. The lowest BCUT2D eigenvalue weighted by Gasteiger charge is -2.13. The lowest BCUT2D eigenvalue weighted by molar-refractivity contribution is -0.152. The molecule has 0 heterocycles. The van der Waals surface area contributed by atoms with Gasteiger partial charge in [0.25, 0.3) is 0 Å². The Morgan fingerprint density at radius 3 is 2.41 bits per heavy atom. The molecule has 0 amide bonds. The van der Waals surface area contributed by atoms with Crippen LogP contribution in [0.2, 0.25) is 0 Å². The number of nitrogens with zero attached hydrogens (tertiary/aromatic N) is 1. The van der Waals surface area contributed by atoms with Crippen molar-refractivity contribution in [3.05, 3.63) is 35.9 Å². The molecule has 0 unspecified atom stereocenters. The Morgan fingerprint density at radius 1 is 1.29 bits per heavy atom. The number of hydrogen-bond donors (Lipinski definition) is 1. The SMILES string of the molecule is CC(C)(C)C(=O)O/N=C(/N)Cc1ccccc1. The minimum Gasteiger partial charge on any atom is -0.384 e. The van der Waals surface area contributed by atoms with Gasteiger partial charge in [0.15, 0.2) is 0 Å². The maximum atomic E-state index is 11.4. The first-order chi connectivity index (χ1) is 7.89. The van der Waals surface area contributed by atoms with Crippen molar-refractivity contribution in [2.75, 3.05) is 0 Å². The summed E-state index contributed by atoms with van der Waals surface area (Å²) in [6.07, 6.45) is 0.470. The highest BCUT2D eigenvalue weighted by Gasteiger charge is 2.23. The molecule has 0 saturated carbocycles. The Hall–Kier alpha value is -1.84. The molecule has 0 bridgehead atoms. The van der Waals surface area contributed by atoms with Gasteiger partial charge in [-0.1, -0.05) is 35.5 Å². The molecular weight excluding hydrogens is 216 g/mol. The smallest absolute Gasteiger partial charge is 0.340 e. The van der Waals surface area contributed by atoms with Crippen LogP contribution in [0.3, 0.4) is 0 Å². The summed E-state index contributed by atoms with van der Waals surface area (Å²) in [7, 11) is 0. The predicted molar refractivity (Wildman–Crippen MR) is 67.3 cm³/mol. The molecule has 0 aliphatic heterocycles. The second-order valence-electron chi connectivity index (χ2n) is 4.87. The molecule has 1 aromatic rings. The summed E-state index contributed by atoms with van der Waals surface area (Å²) in [6, 6.07) is 9.64. The van der Waals surface area contributed by atoms with Crippen LogP contribution in [-0.4, -0.2) is 11.8 Å². The Kier molecular flexibility index (Phi) is 4.26. The van der Waals surface area contributed by atoms with Crippen molar-refractivity contribution in [3.8, 4) is 0 Å². The molecule has 1 aromatic carbocycles. The predicted octanol–water partition coefficient (Wildman–Crippen LogP) is 2.09. The van der Waals surface area contributed by atoms with Gasteiger partial charge in [-0.25, -0.2) is 4.79 Å². The number of benzene rings is 1. The van der Waals surface area contributed by atoms with Crippen LogP contribution in [0.1, 0.15) is 26.3 Å². The maximum Gasteiger partial charge on any atom is 0.340 e. The minimum atomic E-state index is -0.573. The molecule has 4 heteroatoms. The first-order valence-electron chi connectivity index (χ1n) is 5.47. The van der Waals surface area contributed by atoms with Gasteiger partial charge in [0, 0.05) is 6.42 Å². The zero-order valence-corrected chi connectivity index (χ0v) is 10.4. The summed E-state index contributed by atoms with van der Waals surface area (Å²) in [4.78, 5) is 16.2. The van der Waals surface area contributed by atoms with Crippen LogP contribution in [0.15, 0.2) is 35.5 Å². The standard InChI is InChI=1S/C13H18N2O2/c1-13(2,3)12(16)17-15-11(14)9-10-7-5-4-6-8-10/h4-8H,9H2,1-3H3,(H2,14,15). The van der Waals surface area contributed by atoms with E-state index < -0.39 is 11.4 Å². The van der Waals surface area contributed by atoms with E-state index in [-0.39, 0.29) is 5.84 Å². The fourth-order valence-corrected chi connectivity index (χ4v) is 1.07. The van der Waals surface area contributed by atoms with Crippen molar-refractivity contribution in [2.45, 2.75) is 27.2 Å². The summed E-state index contributed by atoms with van der Waals surface area (Å²) < 4.78 is 0. The number of nitrogens with two attached hydrogens (primary N) is 1. The van der Waals surface area contributed by atoms with E-state index in [0.717, 1.165) is 5.56 Å². The molecule has 0 aliphatic rings. The van der Waals surface area contributed by atoms with Crippen LogP contribution in [0, 0.1) is 5.41 Å². The monoisotopic (exact) mass is 234 g/mol. The molecule has 0 radical (unpaired) electrons. The third-order valence-corrected chi connectivity index (χ3v) is 2.09. The lowest BCUT2D eigenvalue weighted by Crippen LogP contribution is -2.23. The topological polar surface area (TPSA) is 64.7 Å². The Bertz CT molecular complexity index is 405. The van der Waals surface area contributed by atoms with Crippen molar-refractivity contribution in [1.29, 1.82) is 0 Å². The van der Waals surface area contributed by atoms with Crippen molar-refractivity contribution in [2.24, 2.45) is 16.3 Å². The van der Waals surface area contributed by atoms with Crippen molar-refractivity contribution >= 4 is 11.8 Å². The largest absolute Gasteiger partial charge is 0.384 e. The van der Waals surface area contributed by atoms with Gasteiger partial charge in [0.2, 0.25) is 0 Å². The van der Waals surface area contributed by atoms with Gasteiger partial charge in [-0.2, -0.15) is 0 Å². The van der Waals surface area contributed by atoms with E-state index in [1.807, 2.05) is 30.3 Å². The average Bonchev–Trinajstić information content (AvgIpc) is 2.26. The van der Waals surface area contributed by atoms with Crippen LogP contribution in [-0.2, 0) is 16.1 Å². The molecule has 0 aromatic heterocycles. The van der Waals surface area contributed by atoms with Gasteiger partial charge in [-0.05, 0) is 26.3 Å². The van der Waals surface area contributed by atoms with E-state index in [0.29, 0.717) is 6.42 Å². The molecule has 2 N–H and O–H groups in total. The molecule has 4 nitrogen and oxygen atoms in total. The molecular formula is C13H18N2O2. The summed E-state index contributed by atoms with van der Waals surface area (Å²) in [5.74, 6) is -0.109. The van der Waals surface area contributed by atoms with Crippen LogP contribution in [0.25, 0.3) is 0 Å². The molecule has 0 atom stereocenters. The number of hydrogen-bond acceptors (Lipinski definition) is 3. The third kappa shape index (κ3) is 4.68. The van der Waals surface area contributed by atoms with Gasteiger partial charge >= 0.3 is 5.97 Å². The van der Waals surface area contributed by atoms with Crippen LogP contribution < -0.4 is 5.73 Å². The van der Waals surface area contributed by atoms with E-state index in [1.165, 1.54) is 0 Å². The van der Waals surface area contributed by atoms with Crippen molar-refractivity contribution in [3.63, 3.8) is 0 Å². The summed E-state index contributed by atoms with van der Waals surface area (Å²) in [5, 5.41) is 3.63. The van der Waals surface area contributed by atoms with Gasteiger partial charge in [0.05, 0.1) is 5.41 Å². The summed E-state index contributed by atoms with van der Waals surface area (Å²) in [5.41, 5.74) is 6.13. The van der Waals surface area contributed by atoms with Gasteiger partial charge < -0.3 is 10.6 Å². The molecule has 0 saturated heterocycles. The van der Waals surface area contributed by atoms with Crippen molar-refractivity contribution in [1.82, 2.24) is 0 Å². The maximum absolute atomic E-state index is 11.4. The highest BCUT2D eigenvalue weighted by molar-refractivity contribution is 5.83. The van der Waals surface area contributed by atoms with Crippen LogP contribution >= 0.6 is 0 Å². The van der Waals surface area contributed by atoms with Gasteiger partial charge in [-0.15, -0.1) is 0 Å². The zero-order valence-electron chi connectivity index (χ0n) is 10.4. The quantitative estimate of drug-likeness (QED) is 0.377. The number of rotatable bonds is 3. The molecule has 0 aliphatic carbocycles. The van der Waals surface area contributed by atoms with Crippen LogP contribution in [0.4, 0.5) is 0 Å². The molecule has 1 rings (SSSR count). The Morgan fingerprint density at radius 2 is 1.88 bits per heavy atom. The minimum absolute atomic E-state index is 0.286. The zero-order chi connectivity index (χ0) is 12.9. The first-order valence-corrected chi connectivity index (χ1v) is 5.47. The summed E-state index contributed by atoms with van der Waals surface area (Å²) >= 11 is 0. The molecule has 0 spiro atoms. The first kappa shape index (κ1) is 13.2. The highest BCUT2D eigenvalue weighted by Crippen LogP contribution is 2.15. The van der Waals surface area contributed by atoms with Crippen molar-refractivity contribution < 1.29 is 9.63 Å². The molecule has 0 fully saturated rings. The van der Waals surface area contributed by atoms with E-state index in [2.05, 4.69) is 5.16 Å². The normalized spacial score (nSPS) is 12.3. The fourth-order valence-electron chi connectivity index (χ4n) is 1.07. The average molecular weight is 234 g/mol. The molecule has 17 heavy (non-hydrogen) atoms. The van der Waals surface area contributed by atoms with E-state index in [9.17, 15) is 4.79 Å². The fraction of sp³-hybridized carbons (Fsp3) is 0.385. The van der Waals surface area contributed by atoms with Gasteiger partial charge in [-0.3, -0.25) is 0 Å². The number of carbonyl (C=O) groups is 1. The number of carbonyl (C=O) groups excluding carboxylic acids is 1.